The van der Waals surface area contributed by atoms with Gasteiger partial charge in [0.2, 0.25) is 0 Å². The lowest BCUT2D eigenvalue weighted by Crippen LogP contribution is -2.08. The van der Waals surface area contributed by atoms with Gasteiger partial charge in [-0.3, -0.25) is 9.97 Å². The van der Waals surface area contributed by atoms with Gasteiger partial charge in [-0.05, 0) is 0 Å². The molecule has 0 spiro atoms. The summed E-state index contributed by atoms with van der Waals surface area (Å²) in [4.78, 5) is 31.8. The van der Waals surface area contributed by atoms with E-state index < -0.39 is 5.69 Å². The maximum Gasteiger partial charge on any atom is 0.346 e. The fourth-order valence-corrected chi connectivity index (χ4v) is 0.855. The van der Waals surface area contributed by atoms with Gasteiger partial charge in [-0.25, -0.2) is 9.59 Å². The van der Waals surface area contributed by atoms with E-state index in [2.05, 4.69) is 19.9 Å². The second kappa shape index (κ2) is 2.82. The molecule has 2 rings (SSSR count). The van der Waals surface area contributed by atoms with Gasteiger partial charge in [0.15, 0.2) is 0 Å². The van der Waals surface area contributed by atoms with Crippen molar-refractivity contribution in [2.24, 2.45) is 0 Å². The molecule has 0 saturated heterocycles. The predicted octanol–water partition coefficient (Wildman–Crippen LogP) is -0.639. The van der Waals surface area contributed by atoms with Crippen molar-refractivity contribution in [1.82, 2.24) is 19.9 Å². The van der Waals surface area contributed by atoms with Gasteiger partial charge in [0.05, 0.1) is 6.20 Å². The van der Waals surface area contributed by atoms with Crippen molar-refractivity contribution >= 4 is 23.6 Å². The molecule has 0 aromatic carbocycles. The highest BCUT2D eigenvalue weighted by Gasteiger charge is 1.96. The summed E-state index contributed by atoms with van der Waals surface area (Å²) >= 11 is 0. The minimum absolute atomic E-state index is 0. The highest BCUT2D eigenvalue weighted by Crippen LogP contribution is 1.94. The molecule has 64 valence electrons. The Hall–Kier alpha value is -1.56. The summed E-state index contributed by atoms with van der Waals surface area (Å²) < 4.78 is 0. The lowest BCUT2D eigenvalue weighted by atomic mass is 10.6. The molecule has 0 bridgehead atoms. The number of aromatic nitrogens is 4. The van der Waals surface area contributed by atoms with Crippen LogP contribution in [0.5, 0.6) is 0 Å². The molecular formula is C5H5ClN4O2. The molecule has 0 aliphatic rings. The molecule has 0 aliphatic heterocycles. The quantitative estimate of drug-likeness (QED) is 0.513. The average Bonchev–Trinajstić information content (AvgIpc) is 2.27. The Labute approximate surface area is 71.5 Å². The number of fused-ring (bicyclic) bond motifs is 1. The SMILES string of the molecule is Cl.O=c1ncc2[nH]c(=O)[nH]c2[nH]1. The van der Waals surface area contributed by atoms with Crippen LogP contribution in [0.15, 0.2) is 15.8 Å². The number of nitrogens with zero attached hydrogens (tertiary/aromatic N) is 1. The second-order valence-corrected chi connectivity index (χ2v) is 2.06. The Morgan fingerprint density at radius 2 is 1.92 bits per heavy atom. The maximum absolute atomic E-state index is 10.6. The van der Waals surface area contributed by atoms with Crippen molar-refractivity contribution in [2.75, 3.05) is 0 Å². The van der Waals surface area contributed by atoms with E-state index in [0.29, 0.717) is 11.2 Å². The third-order valence-electron chi connectivity index (χ3n) is 1.30. The van der Waals surface area contributed by atoms with E-state index >= 15 is 0 Å². The summed E-state index contributed by atoms with van der Waals surface area (Å²) in [7, 11) is 0. The van der Waals surface area contributed by atoms with Crippen LogP contribution in [-0.4, -0.2) is 19.9 Å². The average molecular weight is 189 g/mol. The first-order valence-corrected chi connectivity index (χ1v) is 2.93. The van der Waals surface area contributed by atoms with Crippen molar-refractivity contribution in [3.8, 4) is 0 Å². The Morgan fingerprint density at radius 1 is 1.17 bits per heavy atom. The summed E-state index contributed by atoms with van der Waals surface area (Å²) in [5, 5.41) is 0. The van der Waals surface area contributed by atoms with Crippen LogP contribution in [0, 0.1) is 0 Å². The Kier molecular flexibility index (Phi) is 2.01. The molecule has 2 aromatic heterocycles. The van der Waals surface area contributed by atoms with Crippen molar-refractivity contribution in [3.05, 3.63) is 27.2 Å². The molecule has 3 N–H and O–H groups in total. The monoisotopic (exact) mass is 188 g/mol. The van der Waals surface area contributed by atoms with Crippen LogP contribution >= 0.6 is 12.4 Å². The van der Waals surface area contributed by atoms with Crippen LogP contribution in [0.4, 0.5) is 0 Å². The molecule has 0 radical (unpaired) electrons. The topological polar surface area (TPSA) is 94.4 Å². The highest BCUT2D eigenvalue weighted by atomic mass is 35.5. The third-order valence-corrected chi connectivity index (χ3v) is 1.30. The number of H-pyrrole nitrogens is 3. The van der Waals surface area contributed by atoms with E-state index in [0.717, 1.165) is 0 Å². The molecule has 0 fully saturated rings. The molecule has 12 heavy (non-hydrogen) atoms. The van der Waals surface area contributed by atoms with Crippen molar-refractivity contribution in [2.45, 2.75) is 0 Å². The van der Waals surface area contributed by atoms with Gasteiger partial charge in [-0.2, -0.15) is 4.98 Å². The summed E-state index contributed by atoms with van der Waals surface area (Å²) in [6.07, 6.45) is 1.30. The van der Waals surface area contributed by atoms with Crippen LogP contribution in [0.2, 0.25) is 0 Å². The van der Waals surface area contributed by atoms with Gasteiger partial charge in [0.1, 0.15) is 11.2 Å². The normalized spacial score (nSPS) is 9.67. The van der Waals surface area contributed by atoms with E-state index in [1.165, 1.54) is 6.20 Å². The standard InChI is InChI=1S/C5H4N4O2.ClH/c10-4-6-1-2-3(8-4)9-5(11)7-2;/h1H,(H3,6,7,8,9,10,11);1H. The Morgan fingerprint density at radius 3 is 2.67 bits per heavy atom. The third kappa shape index (κ3) is 1.24. The van der Waals surface area contributed by atoms with Crippen LogP contribution < -0.4 is 11.4 Å². The lowest BCUT2D eigenvalue weighted by Gasteiger charge is -1.82. The van der Waals surface area contributed by atoms with Gasteiger partial charge >= 0.3 is 11.4 Å². The first kappa shape index (κ1) is 8.54. The van der Waals surface area contributed by atoms with Gasteiger partial charge in [0, 0.05) is 0 Å². The first-order chi connectivity index (χ1) is 5.25. The molecule has 7 heteroatoms. The van der Waals surface area contributed by atoms with Crippen molar-refractivity contribution in [1.29, 1.82) is 0 Å². The maximum atomic E-state index is 10.6. The molecule has 0 atom stereocenters. The van der Waals surface area contributed by atoms with Crippen LogP contribution in [0.1, 0.15) is 0 Å². The number of nitrogens with one attached hydrogen (secondary N) is 3. The number of halogens is 1. The van der Waals surface area contributed by atoms with Gasteiger partial charge in [0.25, 0.3) is 0 Å². The number of rotatable bonds is 0. The van der Waals surface area contributed by atoms with Crippen LogP contribution in [-0.2, 0) is 0 Å². The molecule has 0 aliphatic carbocycles. The predicted molar refractivity (Wildman–Crippen MR) is 44.6 cm³/mol. The van der Waals surface area contributed by atoms with Gasteiger partial charge in [-0.1, -0.05) is 0 Å². The van der Waals surface area contributed by atoms with Crippen LogP contribution in [0.25, 0.3) is 11.2 Å². The fraction of sp³-hybridized carbons (Fsp3) is 0. The number of hydrogen-bond donors (Lipinski definition) is 3. The number of aromatic amines is 3. The molecule has 0 saturated carbocycles. The Balaban J connectivity index is 0.000000720. The summed E-state index contributed by atoms with van der Waals surface area (Å²) in [5.74, 6) is 0. The van der Waals surface area contributed by atoms with E-state index in [-0.39, 0.29) is 18.1 Å². The highest BCUT2D eigenvalue weighted by molar-refractivity contribution is 5.85. The molecule has 0 amide bonds. The fourth-order valence-electron chi connectivity index (χ4n) is 0.855. The molecule has 0 unspecified atom stereocenters. The molecular weight excluding hydrogens is 184 g/mol. The molecule has 6 nitrogen and oxygen atoms in total. The zero-order valence-electron chi connectivity index (χ0n) is 5.75. The number of imidazole rings is 1. The summed E-state index contributed by atoms with van der Waals surface area (Å²) in [6.45, 7) is 0. The first-order valence-electron chi connectivity index (χ1n) is 2.93. The number of hydrogen-bond acceptors (Lipinski definition) is 3. The minimum Gasteiger partial charge on any atom is -0.303 e. The minimum atomic E-state index is -0.479. The summed E-state index contributed by atoms with van der Waals surface area (Å²) in [5.41, 5.74) is 0.0287. The van der Waals surface area contributed by atoms with Crippen molar-refractivity contribution < 1.29 is 0 Å². The van der Waals surface area contributed by atoms with E-state index in [9.17, 15) is 9.59 Å². The zero-order chi connectivity index (χ0) is 7.84. The lowest BCUT2D eigenvalue weighted by molar-refractivity contribution is 1.10. The summed E-state index contributed by atoms with van der Waals surface area (Å²) in [6, 6.07) is 0. The van der Waals surface area contributed by atoms with Crippen molar-refractivity contribution in [3.63, 3.8) is 0 Å². The zero-order valence-corrected chi connectivity index (χ0v) is 6.57. The van der Waals surface area contributed by atoms with E-state index in [1.54, 1.807) is 0 Å². The van der Waals surface area contributed by atoms with Crippen LogP contribution in [0.3, 0.4) is 0 Å². The smallest absolute Gasteiger partial charge is 0.303 e. The largest absolute Gasteiger partial charge is 0.346 e. The van der Waals surface area contributed by atoms with Gasteiger partial charge < -0.3 is 4.98 Å². The molecule has 2 aromatic rings. The second-order valence-electron chi connectivity index (χ2n) is 2.06. The van der Waals surface area contributed by atoms with E-state index in [4.69, 9.17) is 0 Å². The van der Waals surface area contributed by atoms with Gasteiger partial charge in [-0.15, -0.1) is 12.4 Å². The Bertz CT molecular complexity index is 494. The van der Waals surface area contributed by atoms with E-state index in [1.807, 2.05) is 0 Å². The molecule has 2 heterocycles.